The van der Waals surface area contributed by atoms with Gasteiger partial charge in [0.05, 0.1) is 6.20 Å². The number of hydrogen-bond donors (Lipinski definition) is 3. The molecular weight excluding hydrogens is 286 g/mol. The Kier molecular flexibility index (Phi) is 3.87. The van der Waals surface area contributed by atoms with E-state index in [9.17, 15) is 0 Å². The smallest absolute Gasteiger partial charge is 0.137 e. The summed E-state index contributed by atoms with van der Waals surface area (Å²) in [4.78, 5) is 7.91. The summed E-state index contributed by atoms with van der Waals surface area (Å²) < 4.78 is 0. The van der Waals surface area contributed by atoms with Crippen molar-refractivity contribution in [3.05, 3.63) is 36.4 Å². The van der Waals surface area contributed by atoms with E-state index in [-0.39, 0.29) is 0 Å². The first kappa shape index (κ1) is 14.5. The molecule has 0 bridgehead atoms. The molecule has 3 heterocycles. The highest BCUT2D eigenvalue weighted by Crippen LogP contribution is 2.35. The standard InChI is InChI=1S/C18H23N5/c1-2-19-15-5-3-12(4-6-15)13-7-16-17(14-9-22-23-10-14)11-21-18(16)20-8-13/h7-12,15,19H,2-6H2,1H3,(H,20,21)(H,22,23). The topological polar surface area (TPSA) is 69.4 Å². The van der Waals surface area contributed by atoms with Crippen LogP contribution in [-0.2, 0) is 0 Å². The zero-order valence-electron chi connectivity index (χ0n) is 13.5. The molecule has 0 saturated heterocycles. The van der Waals surface area contributed by atoms with E-state index >= 15 is 0 Å². The Hall–Kier alpha value is -2.14. The second-order valence-corrected chi connectivity index (χ2v) is 6.46. The van der Waals surface area contributed by atoms with Gasteiger partial charge in [0, 0.05) is 41.1 Å². The number of aromatic amines is 2. The summed E-state index contributed by atoms with van der Waals surface area (Å²) in [6, 6.07) is 3.01. The normalized spacial score (nSPS) is 21.8. The van der Waals surface area contributed by atoms with E-state index < -0.39 is 0 Å². The van der Waals surface area contributed by atoms with Crippen molar-refractivity contribution in [2.24, 2.45) is 0 Å². The number of rotatable bonds is 4. The summed E-state index contributed by atoms with van der Waals surface area (Å²) in [6.07, 6.45) is 12.9. The zero-order chi connectivity index (χ0) is 15.6. The number of hydrogen-bond acceptors (Lipinski definition) is 3. The quantitative estimate of drug-likeness (QED) is 0.690. The molecule has 0 aliphatic heterocycles. The van der Waals surface area contributed by atoms with Gasteiger partial charge in [0.25, 0.3) is 0 Å². The Morgan fingerprint density at radius 2 is 2.04 bits per heavy atom. The van der Waals surface area contributed by atoms with E-state index in [0.717, 1.165) is 17.8 Å². The van der Waals surface area contributed by atoms with Crippen molar-refractivity contribution >= 4 is 11.0 Å². The van der Waals surface area contributed by atoms with E-state index in [4.69, 9.17) is 0 Å². The number of H-pyrrole nitrogens is 2. The van der Waals surface area contributed by atoms with Gasteiger partial charge in [0.1, 0.15) is 5.65 Å². The molecule has 0 aromatic carbocycles. The third kappa shape index (κ3) is 2.77. The average Bonchev–Trinajstić information content (AvgIpc) is 3.24. The monoisotopic (exact) mass is 309 g/mol. The number of pyridine rings is 1. The Labute approximate surface area is 135 Å². The predicted molar refractivity (Wildman–Crippen MR) is 92.3 cm³/mol. The van der Waals surface area contributed by atoms with Crippen molar-refractivity contribution in [1.82, 2.24) is 25.5 Å². The molecule has 0 atom stereocenters. The van der Waals surface area contributed by atoms with Crippen LogP contribution in [0.5, 0.6) is 0 Å². The van der Waals surface area contributed by atoms with Crippen LogP contribution in [0.15, 0.2) is 30.9 Å². The van der Waals surface area contributed by atoms with Crippen LogP contribution in [0.3, 0.4) is 0 Å². The SMILES string of the molecule is CCNC1CCC(c2cnc3[nH]cc(-c4cn[nH]c4)c3c2)CC1. The lowest BCUT2D eigenvalue weighted by Crippen LogP contribution is -2.32. The molecular formula is C18H23N5. The van der Waals surface area contributed by atoms with Crippen molar-refractivity contribution in [3.8, 4) is 11.1 Å². The van der Waals surface area contributed by atoms with Gasteiger partial charge in [-0.05, 0) is 49.8 Å². The highest BCUT2D eigenvalue weighted by molar-refractivity contribution is 5.93. The molecule has 3 aromatic rings. The molecule has 0 spiro atoms. The molecule has 1 saturated carbocycles. The fraction of sp³-hybridized carbons (Fsp3) is 0.444. The fourth-order valence-electron chi connectivity index (χ4n) is 3.80. The van der Waals surface area contributed by atoms with Crippen molar-refractivity contribution in [3.63, 3.8) is 0 Å². The van der Waals surface area contributed by atoms with Crippen LogP contribution in [0.2, 0.25) is 0 Å². The first-order chi connectivity index (χ1) is 11.3. The average molecular weight is 309 g/mol. The van der Waals surface area contributed by atoms with E-state index in [1.54, 1.807) is 0 Å². The molecule has 3 N–H and O–H groups in total. The third-order valence-electron chi connectivity index (χ3n) is 5.05. The largest absolute Gasteiger partial charge is 0.346 e. The van der Waals surface area contributed by atoms with Crippen molar-refractivity contribution in [2.75, 3.05) is 6.54 Å². The number of nitrogens with zero attached hydrogens (tertiary/aromatic N) is 2. The predicted octanol–water partition coefficient (Wildman–Crippen LogP) is 3.59. The number of nitrogens with one attached hydrogen (secondary N) is 3. The molecule has 23 heavy (non-hydrogen) atoms. The van der Waals surface area contributed by atoms with Crippen LogP contribution in [0.25, 0.3) is 22.2 Å². The van der Waals surface area contributed by atoms with Gasteiger partial charge in [-0.2, -0.15) is 5.10 Å². The van der Waals surface area contributed by atoms with Gasteiger partial charge in [-0.1, -0.05) is 6.92 Å². The fourth-order valence-corrected chi connectivity index (χ4v) is 3.80. The Morgan fingerprint density at radius 1 is 1.17 bits per heavy atom. The van der Waals surface area contributed by atoms with Crippen molar-refractivity contribution in [1.29, 1.82) is 0 Å². The maximum atomic E-state index is 4.64. The maximum absolute atomic E-state index is 4.64. The van der Waals surface area contributed by atoms with Crippen LogP contribution < -0.4 is 5.32 Å². The van der Waals surface area contributed by atoms with Gasteiger partial charge in [-0.15, -0.1) is 0 Å². The molecule has 1 aliphatic carbocycles. The van der Waals surface area contributed by atoms with Crippen LogP contribution in [0.4, 0.5) is 0 Å². The molecule has 3 aromatic heterocycles. The molecule has 5 nitrogen and oxygen atoms in total. The Morgan fingerprint density at radius 3 is 2.78 bits per heavy atom. The highest BCUT2D eigenvalue weighted by Gasteiger charge is 2.22. The van der Waals surface area contributed by atoms with Crippen LogP contribution in [0.1, 0.15) is 44.1 Å². The molecule has 0 unspecified atom stereocenters. The van der Waals surface area contributed by atoms with Gasteiger partial charge < -0.3 is 10.3 Å². The summed E-state index contributed by atoms with van der Waals surface area (Å²) in [7, 11) is 0. The lowest BCUT2D eigenvalue weighted by atomic mass is 9.82. The van der Waals surface area contributed by atoms with E-state index in [1.165, 1.54) is 42.2 Å². The third-order valence-corrected chi connectivity index (χ3v) is 5.05. The summed E-state index contributed by atoms with van der Waals surface area (Å²) in [5.74, 6) is 0.633. The van der Waals surface area contributed by atoms with Crippen molar-refractivity contribution < 1.29 is 0 Å². The summed E-state index contributed by atoms with van der Waals surface area (Å²) in [5.41, 5.74) is 4.60. The summed E-state index contributed by atoms with van der Waals surface area (Å²) in [5, 5.41) is 11.7. The van der Waals surface area contributed by atoms with Gasteiger partial charge in [-0.3, -0.25) is 5.10 Å². The molecule has 4 rings (SSSR count). The first-order valence-electron chi connectivity index (χ1n) is 8.54. The highest BCUT2D eigenvalue weighted by atomic mass is 15.1. The Balaban J connectivity index is 1.60. The molecule has 1 fully saturated rings. The van der Waals surface area contributed by atoms with Crippen LogP contribution in [0, 0.1) is 0 Å². The summed E-state index contributed by atoms with van der Waals surface area (Å²) >= 11 is 0. The van der Waals surface area contributed by atoms with E-state index in [0.29, 0.717) is 12.0 Å². The minimum absolute atomic E-state index is 0.633. The van der Waals surface area contributed by atoms with Crippen LogP contribution >= 0.6 is 0 Å². The van der Waals surface area contributed by atoms with Gasteiger partial charge in [0.15, 0.2) is 0 Å². The first-order valence-corrected chi connectivity index (χ1v) is 8.54. The second-order valence-electron chi connectivity index (χ2n) is 6.46. The lowest BCUT2D eigenvalue weighted by Gasteiger charge is -2.29. The zero-order valence-corrected chi connectivity index (χ0v) is 13.5. The lowest BCUT2D eigenvalue weighted by molar-refractivity contribution is 0.347. The van der Waals surface area contributed by atoms with E-state index in [1.807, 2.05) is 18.6 Å². The van der Waals surface area contributed by atoms with Gasteiger partial charge >= 0.3 is 0 Å². The Bertz CT molecular complexity index is 766. The van der Waals surface area contributed by atoms with Crippen LogP contribution in [-0.4, -0.2) is 32.8 Å². The molecule has 120 valence electrons. The second kappa shape index (κ2) is 6.16. The van der Waals surface area contributed by atoms with Gasteiger partial charge in [0.2, 0.25) is 0 Å². The summed E-state index contributed by atoms with van der Waals surface area (Å²) in [6.45, 7) is 3.26. The molecule has 5 heteroatoms. The molecule has 0 amide bonds. The molecule has 0 radical (unpaired) electrons. The number of fused-ring (bicyclic) bond motifs is 1. The van der Waals surface area contributed by atoms with Gasteiger partial charge in [-0.25, -0.2) is 4.98 Å². The minimum atomic E-state index is 0.633. The van der Waals surface area contributed by atoms with Crippen molar-refractivity contribution in [2.45, 2.75) is 44.6 Å². The molecule has 1 aliphatic rings. The maximum Gasteiger partial charge on any atom is 0.137 e. The number of aromatic nitrogens is 4. The minimum Gasteiger partial charge on any atom is -0.346 e. The van der Waals surface area contributed by atoms with E-state index in [2.05, 4.69) is 44.7 Å².